The van der Waals surface area contributed by atoms with Gasteiger partial charge < -0.3 is 46.0 Å². The Hall–Kier alpha value is -1.81. The smallest absolute Gasteiger partial charge is 0.356 e. The zero-order chi connectivity index (χ0) is 32.4. The van der Waals surface area contributed by atoms with E-state index in [-0.39, 0.29) is 43.9 Å². The Kier molecular flexibility index (Phi) is 18.9. The fraction of sp³-hybridized carbons (Fsp3) is 0.913. The number of carbonyl (C=O) groups excluding carboxylic acids is 2. The molecule has 0 aromatic heterocycles. The van der Waals surface area contributed by atoms with Gasteiger partial charge in [0, 0.05) is 11.8 Å². The van der Waals surface area contributed by atoms with Crippen LogP contribution in [0.3, 0.4) is 0 Å². The van der Waals surface area contributed by atoms with Crippen LogP contribution in [0.1, 0.15) is 80.1 Å². The summed E-state index contributed by atoms with van der Waals surface area (Å²) in [6, 6.07) is -0.418. The maximum absolute atomic E-state index is 13.9. The molecule has 6 atom stereocenters. The summed E-state index contributed by atoms with van der Waals surface area (Å²) in [7, 11) is 0. The molecule has 2 aliphatic carbocycles. The number of hydrogen-bond donors (Lipinski definition) is 0. The summed E-state index contributed by atoms with van der Waals surface area (Å²) in [5.41, 5.74) is -0.883. The van der Waals surface area contributed by atoms with Crippen molar-refractivity contribution in [2.24, 2.45) is 47.3 Å². The molecular weight excluding hydrogens is 847 g/mol. The second-order valence-electron chi connectivity index (χ2n) is 11.5. The van der Waals surface area contributed by atoms with Crippen molar-refractivity contribution in [3.05, 3.63) is 46.0 Å². The van der Waals surface area contributed by atoms with Crippen LogP contribution in [0.4, 0.5) is 4.79 Å². The van der Waals surface area contributed by atoms with Crippen molar-refractivity contribution >= 4 is 66.1 Å². The van der Waals surface area contributed by atoms with E-state index < -0.39 is 26.8 Å². The third-order valence-corrected chi connectivity index (χ3v) is 9.55. The van der Waals surface area contributed by atoms with Crippen molar-refractivity contribution in [2.45, 2.75) is 85.6 Å². The fourth-order valence-electron chi connectivity index (χ4n) is 6.86. The molecule has 0 aromatic rings. The summed E-state index contributed by atoms with van der Waals surface area (Å²) in [6.07, 6.45) is 6.57. The van der Waals surface area contributed by atoms with E-state index in [2.05, 4.69) is 57.7 Å². The minimum atomic E-state index is -1.75. The molecule has 2 saturated carbocycles. The standard InChI is InChI=1S/C23H38BrClN2O2.Bi.3NO3/c1-13(2)17-9-7-15(5)11-19(17)23(21(28)26(25)22(29)27(23)24)20-12-16(6)8-10-18(20)14(3)4;;3*2-1(3)4/h13-20H,7-12H2,1-6H3;;;;/q;+3;3*-1. The predicted octanol–water partition coefficient (Wildman–Crippen LogP) is 5.77. The van der Waals surface area contributed by atoms with Gasteiger partial charge in [0.2, 0.25) is 0 Å². The maximum Gasteiger partial charge on any atom is 3.00 e. The Morgan fingerprint density at radius 3 is 1.26 bits per heavy atom. The first-order valence-electron chi connectivity index (χ1n) is 13.2. The molecule has 1 saturated heterocycles. The van der Waals surface area contributed by atoms with Gasteiger partial charge in [0.05, 0.1) is 31.4 Å². The van der Waals surface area contributed by atoms with Gasteiger partial charge in [0.15, 0.2) is 0 Å². The van der Waals surface area contributed by atoms with Crippen molar-refractivity contribution in [2.75, 3.05) is 0 Å². The van der Waals surface area contributed by atoms with Crippen LogP contribution in [0.15, 0.2) is 0 Å². The summed E-state index contributed by atoms with van der Waals surface area (Å²) >= 11 is 9.93. The molecule has 0 N–H and O–H groups in total. The SMILES string of the molecule is CC1CCC(C(C)C)C(C2(C3CC(C)CCC3C(C)C)C(=O)N(Cl)C(=O)N2Br)C1.O=[N+]([O-])[O-].O=[N+]([O-])[O-].O=[N+]([O-])[O-].[Bi+3]. The van der Waals surface area contributed by atoms with Gasteiger partial charge in [-0.3, -0.25) is 4.79 Å². The molecule has 0 aromatic carbocycles. The molecule has 1 aliphatic heterocycles. The number of urea groups is 1. The Bertz CT molecular complexity index is 863. The second kappa shape index (κ2) is 18.8. The van der Waals surface area contributed by atoms with Gasteiger partial charge in [-0.15, -0.1) is 0 Å². The Labute approximate surface area is 277 Å². The van der Waals surface area contributed by atoms with Crippen molar-refractivity contribution in [1.82, 2.24) is 8.34 Å². The van der Waals surface area contributed by atoms with Gasteiger partial charge in [-0.25, -0.2) is 8.72 Å². The molecule has 3 rings (SSSR count). The Morgan fingerprint density at radius 2 is 1.05 bits per heavy atom. The summed E-state index contributed by atoms with van der Waals surface area (Å²) in [4.78, 5) is 51.6. The van der Waals surface area contributed by atoms with Gasteiger partial charge >= 0.3 is 32.2 Å². The van der Waals surface area contributed by atoms with Crippen LogP contribution in [0.25, 0.3) is 0 Å². The summed E-state index contributed by atoms with van der Waals surface area (Å²) in [5.74, 6) is 2.93. The van der Waals surface area contributed by atoms with Crippen LogP contribution in [0, 0.1) is 93.3 Å². The van der Waals surface area contributed by atoms with Gasteiger partial charge in [-0.1, -0.05) is 54.4 Å². The monoisotopic (exact) mass is 883 g/mol. The van der Waals surface area contributed by atoms with Crippen molar-refractivity contribution in [3.63, 3.8) is 0 Å². The zero-order valence-corrected chi connectivity index (χ0v) is 30.1. The van der Waals surface area contributed by atoms with Gasteiger partial charge in [0.1, 0.15) is 5.54 Å². The fourth-order valence-corrected chi connectivity index (χ4v) is 8.00. The first kappa shape index (κ1) is 42.3. The normalized spacial score (nSPS) is 30.5. The average Bonchev–Trinajstić information content (AvgIpc) is 2.98. The quantitative estimate of drug-likeness (QED) is 0.108. The molecule has 19 heteroatoms. The van der Waals surface area contributed by atoms with Gasteiger partial charge in [-0.05, 0) is 73.0 Å². The van der Waals surface area contributed by atoms with Crippen LogP contribution in [-0.4, -0.2) is 67.3 Å². The Balaban J connectivity index is 0. The predicted molar refractivity (Wildman–Crippen MR) is 158 cm³/mol. The van der Waals surface area contributed by atoms with Crippen LogP contribution >= 0.6 is 27.9 Å². The molecule has 2 radical (unpaired) electrons. The molecule has 0 spiro atoms. The third-order valence-electron chi connectivity index (χ3n) is 8.36. The molecule has 6 unspecified atom stereocenters. The molecule has 3 fully saturated rings. The van der Waals surface area contributed by atoms with Crippen molar-refractivity contribution in [1.29, 1.82) is 0 Å². The van der Waals surface area contributed by atoms with Crippen LogP contribution < -0.4 is 0 Å². The second-order valence-corrected chi connectivity index (χ2v) is 12.6. The van der Waals surface area contributed by atoms with E-state index in [1.165, 1.54) is 12.8 Å². The third kappa shape index (κ3) is 11.4. The maximum atomic E-state index is 13.9. The minimum absolute atomic E-state index is 0. The molecule has 240 valence electrons. The van der Waals surface area contributed by atoms with E-state index in [0.29, 0.717) is 35.5 Å². The summed E-state index contributed by atoms with van der Waals surface area (Å²) in [5, 5.41) is 44.2. The van der Waals surface area contributed by atoms with Crippen LogP contribution in [-0.2, 0) is 4.79 Å². The zero-order valence-electron chi connectivity index (χ0n) is 24.3. The van der Waals surface area contributed by atoms with Gasteiger partial charge in [-0.2, -0.15) is 4.42 Å². The molecule has 3 amide bonds. The first-order chi connectivity index (χ1) is 18.7. The topological polar surface area (TPSA) is 239 Å². The first-order valence-corrected chi connectivity index (χ1v) is 14.2. The van der Waals surface area contributed by atoms with Gasteiger partial charge in [0.25, 0.3) is 5.91 Å². The molecule has 16 nitrogen and oxygen atoms in total. The van der Waals surface area contributed by atoms with E-state index in [9.17, 15) is 9.59 Å². The molecule has 1 heterocycles. The minimum Gasteiger partial charge on any atom is -0.356 e. The van der Waals surface area contributed by atoms with E-state index in [0.717, 1.165) is 30.1 Å². The summed E-state index contributed by atoms with van der Waals surface area (Å²) in [6.45, 7) is 13.6. The van der Waals surface area contributed by atoms with Crippen molar-refractivity contribution < 1.29 is 24.8 Å². The largest absolute Gasteiger partial charge is 3.00 e. The number of amides is 3. The number of hydrogen-bond acceptors (Lipinski definition) is 11. The van der Waals surface area contributed by atoms with E-state index >= 15 is 0 Å². The molecule has 3 aliphatic rings. The van der Waals surface area contributed by atoms with E-state index in [1.807, 2.05) is 0 Å². The molecular formula is C23H38BiBrClN5O11. The number of carbonyl (C=O) groups is 2. The van der Waals surface area contributed by atoms with E-state index in [1.54, 1.807) is 3.93 Å². The van der Waals surface area contributed by atoms with Crippen LogP contribution in [0.5, 0.6) is 0 Å². The number of nitrogens with zero attached hydrogens (tertiary/aromatic N) is 5. The van der Waals surface area contributed by atoms with E-state index in [4.69, 9.17) is 57.7 Å². The number of imide groups is 1. The summed E-state index contributed by atoms with van der Waals surface area (Å²) < 4.78 is 2.45. The molecule has 0 bridgehead atoms. The Morgan fingerprint density at radius 1 is 0.762 bits per heavy atom. The number of rotatable bonds is 4. The van der Waals surface area contributed by atoms with Crippen LogP contribution in [0.2, 0.25) is 0 Å². The molecule has 42 heavy (non-hydrogen) atoms. The van der Waals surface area contributed by atoms with Crippen molar-refractivity contribution in [3.8, 4) is 0 Å². The average molecular weight is 885 g/mol. The number of halogens is 2.